The van der Waals surface area contributed by atoms with Crippen molar-refractivity contribution in [2.75, 3.05) is 0 Å². The molecule has 0 amide bonds. The second-order valence-corrected chi connectivity index (χ2v) is 17.6. The van der Waals surface area contributed by atoms with Crippen molar-refractivity contribution >= 4 is 117 Å². The van der Waals surface area contributed by atoms with Gasteiger partial charge >= 0.3 is 0 Å². The molecule has 0 aliphatic rings. The molecule has 230 valence electrons. The van der Waals surface area contributed by atoms with Crippen LogP contribution in [0.25, 0.3) is 102 Å². The fourth-order valence-corrected chi connectivity index (χ4v) is 13.8. The maximum absolute atomic E-state index is 2.46. The average Bonchev–Trinajstić information content (AvgIpc) is 3.99. The van der Waals surface area contributed by atoms with Crippen LogP contribution in [0.3, 0.4) is 0 Å². The molecule has 11 rings (SSSR count). The predicted octanol–water partition coefficient (Wildman–Crippen LogP) is 15.6. The van der Waals surface area contributed by atoms with Crippen LogP contribution in [0.5, 0.6) is 0 Å². The van der Waals surface area contributed by atoms with Gasteiger partial charge in [-0.1, -0.05) is 121 Å². The van der Waals surface area contributed by atoms with Crippen LogP contribution in [0.15, 0.2) is 146 Å². The van der Waals surface area contributed by atoms with Crippen molar-refractivity contribution in [3.63, 3.8) is 0 Å². The standard InChI is InChI=1S/C44H24S5/c1-5-13-25(14-6-1)33-21-29-31-23-35(27-17-9-3-10-18-27)47-41(31)43-37(39(29)45-33)38-40-30(22-34(46-40)26-15-7-2-8-16-26)32-24-36(28-19-11-4-12-20-28)48-42(32)44(38)49-43/h1-24H. The molecule has 0 radical (unpaired) electrons. The first-order valence-corrected chi connectivity index (χ1v) is 20.3. The van der Waals surface area contributed by atoms with E-state index in [0.717, 1.165) is 0 Å². The molecule has 0 fully saturated rings. The van der Waals surface area contributed by atoms with Gasteiger partial charge in [-0.3, -0.25) is 0 Å². The third-order valence-electron chi connectivity index (χ3n) is 9.52. The Morgan fingerprint density at radius 1 is 0.245 bits per heavy atom. The molecule has 49 heavy (non-hydrogen) atoms. The van der Waals surface area contributed by atoms with E-state index in [4.69, 9.17) is 0 Å². The molecule has 6 aromatic carbocycles. The zero-order valence-electron chi connectivity index (χ0n) is 25.9. The van der Waals surface area contributed by atoms with Crippen molar-refractivity contribution in [2.45, 2.75) is 0 Å². The molecule has 0 N–H and O–H groups in total. The largest absolute Gasteiger partial charge is 0.134 e. The first-order chi connectivity index (χ1) is 24.3. The molecule has 0 nitrogen and oxygen atoms in total. The van der Waals surface area contributed by atoms with Crippen LogP contribution in [0.1, 0.15) is 0 Å². The molecular weight excluding hydrogens is 689 g/mol. The number of rotatable bonds is 4. The Bertz CT molecular complexity index is 2800. The Hall–Kier alpha value is -4.62. The average molecular weight is 713 g/mol. The van der Waals surface area contributed by atoms with Gasteiger partial charge in [-0.25, -0.2) is 0 Å². The summed E-state index contributed by atoms with van der Waals surface area (Å²) in [5.41, 5.74) is 5.13. The van der Waals surface area contributed by atoms with Crippen molar-refractivity contribution in [2.24, 2.45) is 0 Å². The smallest absolute Gasteiger partial charge is 0.0549 e. The van der Waals surface area contributed by atoms with Crippen LogP contribution >= 0.6 is 56.7 Å². The first kappa shape index (κ1) is 28.2. The SMILES string of the molecule is c1ccc(-c2cc3c4cc(-c5ccccc5)sc4c4c(sc5c6sc(-c7ccccc7)cc6c6cc(-c7ccccc7)sc6c54)c3s2)cc1. The van der Waals surface area contributed by atoms with Gasteiger partial charge in [0.25, 0.3) is 0 Å². The maximum atomic E-state index is 2.46. The lowest BCUT2D eigenvalue weighted by molar-refractivity contribution is 1.70. The second kappa shape index (κ2) is 10.9. The Balaban J connectivity index is 1.33. The third-order valence-corrected chi connectivity index (χ3v) is 15.8. The maximum Gasteiger partial charge on any atom is 0.0549 e. The van der Waals surface area contributed by atoms with E-state index >= 15 is 0 Å². The lowest BCUT2D eigenvalue weighted by atomic mass is 10.0. The minimum Gasteiger partial charge on any atom is -0.134 e. The molecule has 0 saturated heterocycles. The normalized spacial score (nSPS) is 12.1. The van der Waals surface area contributed by atoms with Gasteiger partial charge in [0, 0.05) is 61.2 Å². The van der Waals surface area contributed by atoms with Gasteiger partial charge in [-0.15, -0.1) is 56.7 Å². The quantitative estimate of drug-likeness (QED) is 0.170. The molecule has 0 unspecified atom stereocenters. The summed E-state index contributed by atoms with van der Waals surface area (Å²) in [5, 5.41) is 8.34. The highest BCUT2D eigenvalue weighted by Gasteiger charge is 2.25. The van der Waals surface area contributed by atoms with Gasteiger partial charge in [0.1, 0.15) is 0 Å². The van der Waals surface area contributed by atoms with E-state index in [0.29, 0.717) is 0 Å². The highest BCUT2D eigenvalue weighted by atomic mass is 32.1. The Morgan fingerprint density at radius 3 is 0.816 bits per heavy atom. The Labute approximate surface area is 302 Å². The van der Waals surface area contributed by atoms with Crippen molar-refractivity contribution in [1.82, 2.24) is 0 Å². The summed E-state index contributed by atoms with van der Waals surface area (Å²) < 4.78 is 8.45. The highest BCUT2D eigenvalue weighted by Crippen LogP contribution is 2.57. The molecule has 0 spiro atoms. The molecule has 5 aromatic heterocycles. The number of hydrogen-bond acceptors (Lipinski definition) is 5. The topological polar surface area (TPSA) is 0 Å². The fourth-order valence-electron chi connectivity index (χ4n) is 7.24. The van der Waals surface area contributed by atoms with Crippen molar-refractivity contribution in [3.8, 4) is 41.8 Å². The molecule has 0 saturated carbocycles. The van der Waals surface area contributed by atoms with Crippen molar-refractivity contribution < 1.29 is 0 Å². The van der Waals surface area contributed by atoms with Crippen LogP contribution < -0.4 is 0 Å². The van der Waals surface area contributed by atoms with Gasteiger partial charge < -0.3 is 0 Å². The molecule has 5 heterocycles. The van der Waals surface area contributed by atoms with E-state index < -0.39 is 0 Å². The molecule has 0 atom stereocenters. The summed E-state index contributed by atoms with van der Waals surface area (Å²) in [6, 6.07) is 53.4. The van der Waals surface area contributed by atoms with E-state index in [1.54, 1.807) is 0 Å². The van der Waals surface area contributed by atoms with Crippen molar-refractivity contribution in [3.05, 3.63) is 146 Å². The summed E-state index contributed by atoms with van der Waals surface area (Å²) in [6.07, 6.45) is 0. The van der Waals surface area contributed by atoms with Crippen LogP contribution in [-0.2, 0) is 0 Å². The Kier molecular flexibility index (Phi) is 6.31. The Morgan fingerprint density at radius 2 is 0.510 bits per heavy atom. The number of benzene rings is 6. The molecule has 0 aliphatic heterocycles. The minimum atomic E-state index is 1.28. The summed E-state index contributed by atoms with van der Waals surface area (Å²) in [5.74, 6) is 0. The summed E-state index contributed by atoms with van der Waals surface area (Å²) in [6.45, 7) is 0. The van der Waals surface area contributed by atoms with E-state index in [1.165, 1.54) is 102 Å². The number of fused-ring (bicyclic) bond motifs is 13. The van der Waals surface area contributed by atoms with Gasteiger partial charge in [-0.05, 0) is 46.5 Å². The molecule has 5 heteroatoms. The molecule has 0 aliphatic carbocycles. The summed E-state index contributed by atoms with van der Waals surface area (Å²) >= 11 is 9.83. The van der Waals surface area contributed by atoms with Gasteiger partial charge in [0.15, 0.2) is 0 Å². The van der Waals surface area contributed by atoms with Crippen LogP contribution in [0.4, 0.5) is 0 Å². The van der Waals surface area contributed by atoms with Crippen molar-refractivity contribution in [1.29, 1.82) is 0 Å². The summed E-state index contributed by atoms with van der Waals surface area (Å²) in [7, 11) is 0. The van der Waals surface area contributed by atoms with Gasteiger partial charge in [0.2, 0.25) is 0 Å². The van der Waals surface area contributed by atoms with Gasteiger partial charge in [-0.2, -0.15) is 0 Å². The first-order valence-electron chi connectivity index (χ1n) is 16.2. The fraction of sp³-hybridized carbons (Fsp3) is 0. The lowest BCUT2D eigenvalue weighted by Gasteiger charge is -2.01. The van der Waals surface area contributed by atoms with E-state index in [1.807, 2.05) is 56.7 Å². The number of hydrogen-bond donors (Lipinski definition) is 0. The van der Waals surface area contributed by atoms with E-state index in [-0.39, 0.29) is 0 Å². The molecule has 0 bridgehead atoms. The molecule has 11 aromatic rings. The van der Waals surface area contributed by atoms with Gasteiger partial charge in [0.05, 0.1) is 18.8 Å². The van der Waals surface area contributed by atoms with Crippen LogP contribution in [0, 0.1) is 0 Å². The van der Waals surface area contributed by atoms with Crippen LogP contribution in [0.2, 0.25) is 0 Å². The van der Waals surface area contributed by atoms with E-state index in [2.05, 4.69) is 146 Å². The third kappa shape index (κ3) is 4.30. The monoisotopic (exact) mass is 712 g/mol. The lowest BCUT2D eigenvalue weighted by Crippen LogP contribution is -1.72. The highest BCUT2D eigenvalue weighted by molar-refractivity contribution is 7.37. The number of thiophene rings is 5. The second-order valence-electron chi connectivity index (χ2n) is 12.4. The zero-order valence-corrected chi connectivity index (χ0v) is 30.0. The van der Waals surface area contributed by atoms with Crippen LogP contribution in [-0.4, -0.2) is 0 Å². The summed E-state index contributed by atoms with van der Waals surface area (Å²) in [4.78, 5) is 5.31. The van der Waals surface area contributed by atoms with E-state index in [9.17, 15) is 0 Å². The minimum absolute atomic E-state index is 1.28. The molecular formula is C44H24S5. The predicted molar refractivity (Wildman–Crippen MR) is 223 cm³/mol. The zero-order chi connectivity index (χ0) is 32.1.